The second kappa shape index (κ2) is 15.7. The van der Waals surface area contributed by atoms with Crippen LogP contribution in [0.25, 0.3) is 77.3 Å². The quantitative estimate of drug-likeness (QED) is 0.145. The minimum Gasteiger partial charge on any atom is -0.456 e. The predicted octanol–water partition coefficient (Wildman–Crippen LogP) is 17.4. The molecule has 0 fully saturated rings. The molecule has 0 atom stereocenters. The number of furan rings is 2. The zero-order valence-corrected chi connectivity index (χ0v) is 34.8. The summed E-state index contributed by atoms with van der Waals surface area (Å²) in [4.78, 5) is 4.60. The Kier molecular flexibility index (Phi) is 9.12. The van der Waals surface area contributed by atoms with Crippen molar-refractivity contribution in [2.45, 2.75) is 0 Å². The first kappa shape index (κ1) is 37.2. The van der Waals surface area contributed by atoms with Gasteiger partial charge >= 0.3 is 0 Å². The van der Waals surface area contributed by atoms with E-state index in [1.165, 1.54) is 0 Å². The lowest BCUT2D eigenvalue weighted by molar-refractivity contribution is 0.668. The Morgan fingerprint density at radius 1 is 0.234 bits per heavy atom. The lowest BCUT2D eigenvalue weighted by atomic mass is 9.85. The molecule has 0 saturated carbocycles. The Hall–Kier alpha value is -8.60. The van der Waals surface area contributed by atoms with Gasteiger partial charge in [-0.25, -0.2) is 0 Å². The van der Waals surface area contributed by atoms with Gasteiger partial charge < -0.3 is 18.6 Å². The molecule has 4 nitrogen and oxygen atoms in total. The van der Waals surface area contributed by atoms with Crippen LogP contribution in [-0.2, 0) is 0 Å². The average Bonchev–Trinajstić information content (AvgIpc) is 3.94. The van der Waals surface area contributed by atoms with E-state index in [0.29, 0.717) is 0 Å². The van der Waals surface area contributed by atoms with Crippen LogP contribution in [0.3, 0.4) is 0 Å². The number of rotatable bonds is 9. The third-order valence-electron chi connectivity index (χ3n) is 12.3. The molecular formula is C60H40N2O2. The largest absolute Gasteiger partial charge is 0.456 e. The topological polar surface area (TPSA) is 32.8 Å². The molecule has 0 saturated heterocycles. The zero-order chi connectivity index (χ0) is 42.4. The van der Waals surface area contributed by atoms with Gasteiger partial charge in [0.05, 0.1) is 0 Å². The molecule has 10 aromatic carbocycles. The van der Waals surface area contributed by atoms with Gasteiger partial charge in [-0.3, -0.25) is 0 Å². The van der Waals surface area contributed by atoms with E-state index in [-0.39, 0.29) is 0 Å². The van der Waals surface area contributed by atoms with Gasteiger partial charge in [0.2, 0.25) is 0 Å². The van der Waals surface area contributed by atoms with Crippen LogP contribution in [0.1, 0.15) is 0 Å². The van der Waals surface area contributed by atoms with Crippen molar-refractivity contribution in [3.8, 4) is 33.4 Å². The summed E-state index contributed by atoms with van der Waals surface area (Å²) in [6.45, 7) is 0. The van der Waals surface area contributed by atoms with Crippen molar-refractivity contribution in [1.29, 1.82) is 0 Å². The average molecular weight is 821 g/mol. The predicted molar refractivity (Wildman–Crippen MR) is 267 cm³/mol. The molecule has 0 unspecified atom stereocenters. The Labute approximate surface area is 371 Å². The highest BCUT2D eigenvalue weighted by molar-refractivity contribution is 6.20. The normalized spacial score (nSPS) is 11.4. The highest BCUT2D eigenvalue weighted by Crippen LogP contribution is 2.49. The first-order valence-corrected chi connectivity index (χ1v) is 21.7. The highest BCUT2D eigenvalue weighted by atomic mass is 16.3. The monoisotopic (exact) mass is 820 g/mol. The molecule has 0 amide bonds. The van der Waals surface area contributed by atoms with Gasteiger partial charge in [-0.15, -0.1) is 0 Å². The molecule has 0 N–H and O–H groups in total. The molecule has 2 aromatic heterocycles. The van der Waals surface area contributed by atoms with Crippen LogP contribution < -0.4 is 9.80 Å². The van der Waals surface area contributed by atoms with Crippen LogP contribution in [0, 0.1) is 0 Å². The minimum atomic E-state index is 0.849. The third kappa shape index (κ3) is 6.40. The van der Waals surface area contributed by atoms with Gasteiger partial charge in [0.25, 0.3) is 0 Å². The van der Waals surface area contributed by atoms with Crippen LogP contribution >= 0.6 is 0 Å². The van der Waals surface area contributed by atoms with Gasteiger partial charge in [-0.05, 0) is 131 Å². The SMILES string of the molecule is c1ccc(N(c2ccccc2)c2ccc(-c3c(-c4ccc5oc6ccccc6c5c4-c4ccc(N(c5ccccc5)c5ccccc5)cc4)ccc4oc5ccccc5c34)cc2)cc1. The maximum absolute atomic E-state index is 6.59. The van der Waals surface area contributed by atoms with Crippen molar-refractivity contribution < 1.29 is 8.83 Å². The third-order valence-corrected chi connectivity index (χ3v) is 12.3. The molecule has 64 heavy (non-hydrogen) atoms. The van der Waals surface area contributed by atoms with Crippen LogP contribution in [0.4, 0.5) is 34.1 Å². The second-order valence-corrected chi connectivity index (χ2v) is 16.0. The fraction of sp³-hybridized carbons (Fsp3) is 0. The summed E-state index contributed by atoms with van der Waals surface area (Å²) in [6, 6.07) is 85.6. The Morgan fingerprint density at radius 2 is 0.531 bits per heavy atom. The van der Waals surface area contributed by atoms with Crippen LogP contribution in [-0.4, -0.2) is 0 Å². The summed E-state index contributed by atoms with van der Waals surface area (Å²) in [6.07, 6.45) is 0. The van der Waals surface area contributed by atoms with Crippen LogP contribution in [0.2, 0.25) is 0 Å². The number of fused-ring (bicyclic) bond motifs is 6. The van der Waals surface area contributed by atoms with Crippen molar-refractivity contribution in [2.24, 2.45) is 0 Å². The lowest BCUT2D eigenvalue weighted by Gasteiger charge is -2.26. The smallest absolute Gasteiger partial charge is 0.136 e. The molecule has 0 spiro atoms. The van der Waals surface area contributed by atoms with Gasteiger partial charge in [-0.1, -0.05) is 133 Å². The van der Waals surface area contributed by atoms with Gasteiger partial charge in [0.1, 0.15) is 22.3 Å². The molecule has 0 aliphatic rings. The zero-order valence-electron chi connectivity index (χ0n) is 34.8. The van der Waals surface area contributed by atoms with E-state index < -0.39 is 0 Å². The molecule has 302 valence electrons. The Morgan fingerprint density at radius 3 is 0.875 bits per heavy atom. The minimum absolute atomic E-state index is 0.849. The molecule has 12 aromatic rings. The number of hydrogen-bond acceptors (Lipinski definition) is 4. The highest BCUT2D eigenvalue weighted by Gasteiger charge is 2.24. The second-order valence-electron chi connectivity index (χ2n) is 16.0. The van der Waals surface area contributed by atoms with E-state index >= 15 is 0 Å². The van der Waals surface area contributed by atoms with E-state index in [1.807, 2.05) is 12.1 Å². The number of anilines is 6. The maximum atomic E-state index is 6.59. The molecular weight excluding hydrogens is 781 g/mol. The molecule has 0 bridgehead atoms. The van der Waals surface area contributed by atoms with Crippen molar-refractivity contribution >= 4 is 78.0 Å². The van der Waals surface area contributed by atoms with Gasteiger partial charge in [-0.2, -0.15) is 0 Å². The summed E-state index contributed by atoms with van der Waals surface area (Å²) < 4.78 is 13.2. The van der Waals surface area contributed by atoms with Gasteiger partial charge in [0.15, 0.2) is 0 Å². The van der Waals surface area contributed by atoms with E-state index in [4.69, 9.17) is 8.83 Å². The first-order chi connectivity index (χ1) is 31.8. The number of nitrogens with zero attached hydrogens (tertiary/aromatic N) is 2. The lowest BCUT2D eigenvalue weighted by Crippen LogP contribution is -2.09. The summed E-state index contributed by atoms with van der Waals surface area (Å²) in [5.74, 6) is 0. The summed E-state index contributed by atoms with van der Waals surface area (Å²) in [7, 11) is 0. The molecule has 2 heterocycles. The number of hydrogen-bond donors (Lipinski definition) is 0. The Balaban J connectivity index is 1.08. The van der Waals surface area contributed by atoms with Crippen molar-refractivity contribution in [2.75, 3.05) is 9.80 Å². The molecule has 0 aliphatic carbocycles. The molecule has 0 radical (unpaired) electrons. The summed E-state index contributed by atoms with van der Waals surface area (Å²) >= 11 is 0. The fourth-order valence-corrected chi connectivity index (χ4v) is 9.44. The van der Waals surface area contributed by atoms with E-state index in [9.17, 15) is 0 Å². The van der Waals surface area contributed by atoms with E-state index in [1.54, 1.807) is 0 Å². The van der Waals surface area contributed by atoms with E-state index in [2.05, 4.69) is 240 Å². The molecule has 4 heteroatoms. The number of benzene rings is 10. The summed E-state index contributed by atoms with van der Waals surface area (Å²) in [5.41, 5.74) is 16.6. The van der Waals surface area contributed by atoms with Crippen molar-refractivity contribution in [3.05, 3.63) is 243 Å². The number of para-hydroxylation sites is 6. The van der Waals surface area contributed by atoms with Crippen molar-refractivity contribution in [1.82, 2.24) is 0 Å². The van der Waals surface area contributed by atoms with E-state index in [0.717, 1.165) is 111 Å². The molecule has 12 rings (SSSR count). The fourth-order valence-electron chi connectivity index (χ4n) is 9.44. The summed E-state index contributed by atoms with van der Waals surface area (Å²) in [5, 5.41) is 4.33. The van der Waals surface area contributed by atoms with Crippen molar-refractivity contribution in [3.63, 3.8) is 0 Å². The first-order valence-electron chi connectivity index (χ1n) is 21.7. The maximum Gasteiger partial charge on any atom is 0.136 e. The van der Waals surface area contributed by atoms with Crippen LogP contribution in [0.15, 0.2) is 251 Å². The van der Waals surface area contributed by atoms with Gasteiger partial charge in [0, 0.05) is 66.8 Å². The molecule has 0 aliphatic heterocycles. The van der Waals surface area contributed by atoms with Crippen LogP contribution in [0.5, 0.6) is 0 Å². The standard InChI is InChI=1S/C60H40N2O2/c1-5-17-43(18-6-1)61(44-19-7-2-8-20-44)47-33-29-41(30-34-47)57-49(37-39-55-59(57)51-25-13-15-27-53(51)63-55)50-38-40-56-60(52-26-14-16-28-54(52)64-56)58(50)42-31-35-48(36-32-42)62(45-21-9-3-10-22-45)46-23-11-4-12-24-46/h1-40H. The Bertz CT molecular complexity index is 3260.